The van der Waals surface area contributed by atoms with Crippen LogP contribution < -0.4 is 16.0 Å². The van der Waals surface area contributed by atoms with Crippen molar-refractivity contribution in [2.75, 3.05) is 10.6 Å². The van der Waals surface area contributed by atoms with Crippen LogP contribution in [0, 0.1) is 23.1 Å². The summed E-state index contributed by atoms with van der Waals surface area (Å²) in [4.78, 5) is 15.4. The number of amides is 1. The van der Waals surface area contributed by atoms with E-state index in [-0.39, 0.29) is 23.1 Å². The number of nitrogens with one attached hydrogen (secondary N) is 3. The second-order valence-corrected chi connectivity index (χ2v) is 8.30. The molecule has 2 atom stereocenters. The number of carboxylic acid groups (broad SMARTS) is 1. The third-order valence-corrected chi connectivity index (χ3v) is 5.31. The minimum Gasteiger partial charge on any atom is -0.465 e. The molecule has 9 nitrogen and oxygen atoms in total. The van der Waals surface area contributed by atoms with Gasteiger partial charge in [-0.3, -0.25) is 4.68 Å². The van der Waals surface area contributed by atoms with Crippen LogP contribution in [0.1, 0.15) is 39.7 Å². The number of nitriles is 1. The van der Waals surface area contributed by atoms with Crippen LogP contribution in [0.5, 0.6) is 0 Å². The van der Waals surface area contributed by atoms with Crippen molar-refractivity contribution in [1.82, 2.24) is 20.1 Å². The van der Waals surface area contributed by atoms with Crippen molar-refractivity contribution < 1.29 is 14.3 Å². The van der Waals surface area contributed by atoms with Crippen molar-refractivity contribution in [1.29, 1.82) is 5.26 Å². The van der Waals surface area contributed by atoms with E-state index in [0.29, 0.717) is 18.7 Å². The van der Waals surface area contributed by atoms with E-state index >= 15 is 0 Å². The molecule has 0 aliphatic carbocycles. The van der Waals surface area contributed by atoms with Crippen molar-refractivity contribution in [2.45, 2.75) is 52.7 Å². The average Bonchev–Trinajstić information content (AvgIpc) is 3.16. The molecular weight excluding hydrogens is 425 g/mol. The van der Waals surface area contributed by atoms with Crippen LogP contribution in [-0.4, -0.2) is 38.0 Å². The molecule has 10 heteroatoms. The van der Waals surface area contributed by atoms with Gasteiger partial charge < -0.3 is 21.1 Å². The summed E-state index contributed by atoms with van der Waals surface area (Å²) in [5, 5.41) is 32.5. The Labute approximate surface area is 191 Å². The van der Waals surface area contributed by atoms with Crippen LogP contribution in [0.2, 0.25) is 0 Å². The second kappa shape index (κ2) is 10.2. The number of aromatic nitrogens is 3. The fourth-order valence-corrected chi connectivity index (χ4v) is 3.67. The van der Waals surface area contributed by atoms with Gasteiger partial charge in [-0.1, -0.05) is 13.8 Å². The molecule has 0 saturated heterocycles. The van der Waals surface area contributed by atoms with Gasteiger partial charge in [-0.15, -0.1) is 0 Å². The van der Waals surface area contributed by atoms with Crippen molar-refractivity contribution >= 4 is 34.3 Å². The van der Waals surface area contributed by atoms with E-state index in [2.05, 4.69) is 26.0 Å². The number of anilines is 3. The normalized spacial score (nSPS) is 12.9. The smallest absolute Gasteiger partial charge is 0.404 e. The number of rotatable bonds is 9. The Hall–Kier alpha value is -3.87. The maximum Gasteiger partial charge on any atom is 0.404 e. The van der Waals surface area contributed by atoms with Crippen LogP contribution in [0.4, 0.5) is 26.5 Å². The fraction of sp³-hybridized carbons (Fsp3) is 0.391. The summed E-state index contributed by atoms with van der Waals surface area (Å²) >= 11 is 0. The molecule has 2 aromatic heterocycles. The van der Waals surface area contributed by atoms with E-state index < -0.39 is 24.0 Å². The van der Waals surface area contributed by atoms with Gasteiger partial charge in [0.15, 0.2) is 17.5 Å². The average molecular weight is 454 g/mol. The lowest BCUT2D eigenvalue weighted by Gasteiger charge is -2.27. The molecule has 3 aromatic rings. The van der Waals surface area contributed by atoms with Crippen molar-refractivity contribution in [2.24, 2.45) is 5.92 Å². The van der Waals surface area contributed by atoms with Gasteiger partial charge >= 0.3 is 6.09 Å². The molecule has 0 unspecified atom stereocenters. The molecule has 0 bridgehead atoms. The summed E-state index contributed by atoms with van der Waals surface area (Å²) in [6.07, 6.45) is 1.21. The number of pyridine rings is 1. The molecule has 33 heavy (non-hydrogen) atoms. The first-order chi connectivity index (χ1) is 15.7. The van der Waals surface area contributed by atoms with E-state index in [1.807, 2.05) is 49.7 Å². The Kier molecular flexibility index (Phi) is 7.33. The second-order valence-electron chi connectivity index (χ2n) is 8.30. The third kappa shape index (κ3) is 5.68. The van der Waals surface area contributed by atoms with Crippen LogP contribution in [-0.2, 0) is 6.54 Å². The van der Waals surface area contributed by atoms with Gasteiger partial charge in [0.05, 0.1) is 17.3 Å². The van der Waals surface area contributed by atoms with Crippen LogP contribution in [0.15, 0.2) is 30.5 Å². The van der Waals surface area contributed by atoms with Gasteiger partial charge in [0.25, 0.3) is 0 Å². The first-order valence-corrected chi connectivity index (χ1v) is 10.8. The number of halogens is 1. The highest BCUT2D eigenvalue weighted by atomic mass is 19.1. The Morgan fingerprint density at radius 1 is 1.27 bits per heavy atom. The van der Waals surface area contributed by atoms with Crippen LogP contribution in [0.3, 0.4) is 0 Å². The lowest BCUT2D eigenvalue weighted by atomic mass is 9.98. The Morgan fingerprint density at radius 2 is 2.03 bits per heavy atom. The number of benzene rings is 1. The lowest BCUT2D eigenvalue weighted by molar-refractivity contribution is 0.188. The Bertz CT molecular complexity index is 1190. The fourth-order valence-electron chi connectivity index (χ4n) is 3.67. The van der Waals surface area contributed by atoms with Gasteiger partial charge in [0.1, 0.15) is 6.07 Å². The zero-order valence-corrected chi connectivity index (χ0v) is 19.1. The number of nitrogens with zero attached hydrogens (tertiary/aromatic N) is 4. The molecule has 1 amide bonds. The van der Waals surface area contributed by atoms with Crippen LogP contribution >= 0.6 is 0 Å². The largest absolute Gasteiger partial charge is 0.465 e. The summed E-state index contributed by atoms with van der Waals surface area (Å²) < 4.78 is 16.6. The number of hydrogen-bond acceptors (Lipinski definition) is 6. The molecular formula is C23H28FN7O2. The monoisotopic (exact) mass is 453 g/mol. The minimum absolute atomic E-state index is 0.0548. The first-order valence-electron chi connectivity index (χ1n) is 10.8. The molecule has 0 aliphatic rings. The topological polar surface area (TPSA) is 128 Å². The predicted molar refractivity (Wildman–Crippen MR) is 125 cm³/mol. The van der Waals surface area contributed by atoms with Crippen molar-refractivity contribution in [3.63, 3.8) is 0 Å². The molecule has 0 saturated carbocycles. The molecule has 0 spiro atoms. The molecule has 0 fully saturated rings. The van der Waals surface area contributed by atoms with E-state index in [9.17, 15) is 14.4 Å². The SMILES string of the molecule is CCn1ncc2ccc(Nc3nc(N[C@@H](CC(C)C)[C@H](C)NC(=O)O)c(F)cc3C#N)cc21. The standard InChI is InChI=1S/C23H28FN7O2/c1-5-31-20-10-17(7-6-15(20)12-26-31)28-21-16(11-25)9-18(24)22(30-21)29-19(8-13(2)3)14(4)27-23(32)33/h6-7,9-10,12-14,19,27H,5,8H2,1-4H3,(H,32,33)(H2,28,29,30)/t14-,19-/m0/s1. The van der Waals surface area contributed by atoms with Crippen molar-refractivity contribution in [3.8, 4) is 6.07 Å². The molecule has 4 N–H and O–H groups in total. The maximum absolute atomic E-state index is 14.8. The zero-order chi connectivity index (χ0) is 24.1. The van der Waals surface area contributed by atoms with Gasteiger partial charge in [-0.2, -0.15) is 10.4 Å². The van der Waals surface area contributed by atoms with E-state index in [1.54, 1.807) is 13.1 Å². The number of carbonyl (C=O) groups is 1. The number of hydrogen-bond donors (Lipinski definition) is 4. The summed E-state index contributed by atoms with van der Waals surface area (Å²) in [5.41, 5.74) is 1.66. The van der Waals surface area contributed by atoms with E-state index in [4.69, 9.17) is 5.11 Å². The molecule has 0 radical (unpaired) electrons. The quantitative estimate of drug-likeness (QED) is 0.370. The molecule has 2 heterocycles. The van der Waals surface area contributed by atoms with Crippen molar-refractivity contribution in [3.05, 3.63) is 41.8 Å². The Balaban J connectivity index is 1.93. The number of aryl methyl sites for hydroxylation is 1. The Morgan fingerprint density at radius 3 is 2.67 bits per heavy atom. The van der Waals surface area contributed by atoms with Crippen LogP contribution in [0.25, 0.3) is 10.9 Å². The highest BCUT2D eigenvalue weighted by Gasteiger charge is 2.23. The van der Waals surface area contributed by atoms with Gasteiger partial charge in [-0.25, -0.2) is 14.2 Å². The highest BCUT2D eigenvalue weighted by molar-refractivity contribution is 5.83. The van der Waals surface area contributed by atoms with Gasteiger partial charge in [0.2, 0.25) is 0 Å². The maximum atomic E-state index is 14.8. The van der Waals surface area contributed by atoms with E-state index in [0.717, 1.165) is 17.0 Å². The first kappa shape index (κ1) is 23.8. The minimum atomic E-state index is -1.16. The highest BCUT2D eigenvalue weighted by Crippen LogP contribution is 2.27. The molecule has 174 valence electrons. The summed E-state index contributed by atoms with van der Waals surface area (Å²) in [6, 6.07) is 7.84. The lowest BCUT2D eigenvalue weighted by Crippen LogP contribution is -2.45. The predicted octanol–water partition coefficient (Wildman–Crippen LogP) is 4.69. The van der Waals surface area contributed by atoms with E-state index in [1.165, 1.54) is 0 Å². The van der Waals surface area contributed by atoms with Gasteiger partial charge in [0, 0.05) is 29.7 Å². The molecule has 1 aromatic carbocycles. The van der Waals surface area contributed by atoms with Gasteiger partial charge in [-0.05, 0) is 50.5 Å². The summed E-state index contributed by atoms with van der Waals surface area (Å²) in [7, 11) is 0. The zero-order valence-electron chi connectivity index (χ0n) is 19.1. The molecule has 0 aliphatic heterocycles. The molecule has 3 rings (SSSR count). The summed E-state index contributed by atoms with van der Waals surface area (Å²) in [5.74, 6) is -0.311. The summed E-state index contributed by atoms with van der Waals surface area (Å²) in [6.45, 7) is 8.40. The third-order valence-electron chi connectivity index (χ3n) is 5.31. The number of fused-ring (bicyclic) bond motifs is 1.